The highest BCUT2D eigenvalue weighted by Crippen LogP contribution is 2.50. The number of hydrogen-bond acceptors (Lipinski definition) is 5. The largest absolute Gasteiger partial charge is 0.299 e. The Balaban J connectivity index is 1.63. The molecular weight excluding hydrogens is 650 g/mol. The fourth-order valence-electron chi connectivity index (χ4n) is 4.91. The molecule has 7 heteroatoms. The van der Waals surface area contributed by atoms with Gasteiger partial charge in [0.15, 0.2) is 0 Å². The van der Waals surface area contributed by atoms with E-state index in [4.69, 9.17) is 0 Å². The Morgan fingerprint density at radius 3 is 1.90 bits per heavy atom. The fourth-order valence-corrected chi connectivity index (χ4v) is 9.06. The lowest BCUT2D eigenvalue weighted by molar-refractivity contribution is -0.131. The van der Waals surface area contributed by atoms with Crippen LogP contribution in [0, 0.1) is 5.92 Å². The van der Waals surface area contributed by atoms with Crippen molar-refractivity contribution in [2.75, 3.05) is 6.54 Å². The molecule has 2 aliphatic rings. The summed E-state index contributed by atoms with van der Waals surface area (Å²) >= 11 is 4.79. The Morgan fingerprint density at radius 2 is 1.42 bits per heavy atom. The molecule has 0 amide bonds. The van der Waals surface area contributed by atoms with Crippen LogP contribution in [0.5, 0.6) is 0 Å². The van der Waals surface area contributed by atoms with E-state index in [9.17, 15) is 4.79 Å². The Kier molecular flexibility index (Phi) is 8.69. The second kappa shape index (κ2) is 11.1. The summed E-state index contributed by atoms with van der Waals surface area (Å²) in [4.78, 5) is 13.3. The SMILES string of the molecule is CCc1ccc([C@@H]2C[C@H]3[C@@H](CN2SI)C(=O)C[C@@H](c2ccc(CC)cc2)N3SI)cc1. The van der Waals surface area contributed by atoms with Crippen LogP contribution >= 0.6 is 60.6 Å². The number of piperidine rings is 2. The number of aryl methyl sites for hydroxylation is 2. The first-order valence-corrected chi connectivity index (χ1v) is 17.6. The Morgan fingerprint density at radius 1 is 0.871 bits per heavy atom. The minimum atomic E-state index is 0.0851. The van der Waals surface area contributed by atoms with Crippen molar-refractivity contribution in [2.45, 2.75) is 57.7 Å². The number of halogens is 2. The third kappa shape index (κ3) is 5.16. The average molecular weight is 678 g/mol. The molecule has 166 valence electrons. The second-order valence-electron chi connectivity index (χ2n) is 8.40. The zero-order valence-corrected chi connectivity index (χ0v) is 23.8. The van der Waals surface area contributed by atoms with Crippen LogP contribution in [-0.4, -0.2) is 27.0 Å². The molecule has 2 aromatic rings. The summed E-state index contributed by atoms with van der Waals surface area (Å²) in [5.41, 5.74) is 5.35. The molecule has 2 saturated heterocycles. The van der Waals surface area contributed by atoms with E-state index in [1.807, 2.05) is 0 Å². The van der Waals surface area contributed by atoms with Gasteiger partial charge in [-0.05, 0) is 59.8 Å². The van der Waals surface area contributed by atoms with Gasteiger partial charge in [-0.3, -0.25) is 4.79 Å². The monoisotopic (exact) mass is 678 g/mol. The molecule has 0 aromatic heterocycles. The van der Waals surface area contributed by atoms with E-state index >= 15 is 0 Å². The van der Waals surface area contributed by atoms with Gasteiger partial charge in [0.1, 0.15) is 5.78 Å². The topological polar surface area (TPSA) is 23.6 Å². The van der Waals surface area contributed by atoms with Gasteiger partial charge >= 0.3 is 0 Å². The molecule has 31 heavy (non-hydrogen) atoms. The number of fused-ring (bicyclic) bond motifs is 1. The number of nitrogens with zero attached hydrogens (tertiary/aromatic N) is 2. The van der Waals surface area contributed by atoms with Crippen molar-refractivity contribution in [1.29, 1.82) is 0 Å². The number of ketones is 1. The summed E-state index contributed by atoms with van der Waals surface area (Å²) < 4.78 is 4.95. The van der Waals surface area contributed by atoms with Crippen LogP contribution in [0.25, 0.3) is 0 Å². The van der Waals surface area contributed by atoms with Crippen LogP contribution in [0.15, 0.2) is 48.5 Å². The zero-order chi connectivity index (χ0) is 22.0. The minimum absolute atomic E-state index is 0.0851. The molecule has 0 aliphatic carbocycles. The Labute approximate surface area is 218 Å². The molecule has 0 unspecified atom stereocenters. The summed E-state index contributed by atoms with van der Waals surface area (Å²) in [5, 5.41) is 0. The first-order chi connectivity index (χ1) is 15.1. The lowest BCUT2D eigenvalue weighted by Crippen LogP contribution is -2.55. The highest BCUT2D eigenvalue weighted by atomic mass is 127. The maximum absolute atomic E-state index is 13.3. The van der Waals surface area contributed by atoms with E-state index < -0.39 is 0 Å². The van der Waals surface area contributed by atoms with E-state index in [0.29, 0.717) is 18.2 Å². The summed E-state index contributed by atoms with van der Waals surface area (Å²) in [6, 6.07) is 18.7. The predicted octanol–water partition coefficient (Wildman–Crippen LogP) is 7.56. The fraction of sp³-hybridized carbons (Fsp3) is 0.458. The van der Waals surface area contributed by atoms with Gasteiger partial charge < -0.3 is 0 Å². The molecule has 0 spiro atoms. The summed E-state index contributed by atoms with van der Waals surface area (Å²) in [7, 11) is 3.53. The van der Waals surface area contributed by atoms with Crippen LogP contribution < -0.4 is 0 Å². The first kappa shape index (κ1) is 24.3. The summed E-state index contributed by atoms with van der Waals surface area (Å²) in [6.07, 6.45) is 3.70. The Bertz CT molecular complexity index is 893. The third-order valence-electron chi connectivity index (χ3n) is 6.81. The van der Waals surface area contributed by atoms with Crippen molar-refractivity contribution >= 4 is 66.4 Å². The van der Waals surface area contributed by atoms with Gasteiger partial charge in [-0.25, -0.2) is 8.61 Å². The number of hydrogen-bond donors (Lipinski definition) is 0. The zero-order valence-electron chi connectivity index (χ0n) is 17.8. The molecule has 0 radical (unpaired) electrons. The van der Waals surface area contributed by atoms with Gasteiger partial charge in [-0.1, -0.05) is 62.4 Å². The lowest BCUT2D eigenvalue weighted by Gasteiger charge is -2.50. The second-order valence-corrected chi connectivity index (χ2v) is 11.9. The van der Waals surface area contributed by atoms with Crippen molar-refractivity contribution < 1.29 is 4.79 Å². The number of benzene rings is 2. The van der Waals surface area contributed by atoms with E-state index in [0.717, 1.165) is 25.8 Å². The predicted molar refractivity (Wildman–Crippen MR) is 150 cm³/mol. The van der Waals surface area contributed by atoms with E-state index in [2.05, 4.69) is 113 Å². The molecule has 2 aliphatic heterocycles. The normalized spacial score (nSPS) is 27.3. The molecule has 2 heterocycles. The van der Waals surface area contributed by atoms with Crippen LogP contribution in [0.4, 0.5) is 0 Å². The molecule has 2 aromatic carbocycles. The van der Waals surface area contributed by atoms with Gasteiger partial charge in [-0.2, -0.15) is 0 Å². The van der Waals surface area contributed by atoms with E-state index in [1.54, 1.807) is 18.2 Å². The molecule has 2 fully saturated rings. The van der Waals surface area contributed by atoms with Gasteiger partial charge in [-0.15, -0.1) is 0 Å². The third-order valence-corrected chi connectivity index (χ3v) is 11.0. The van der Waals surface area contributed by atoms with E-state index in [-0.39, 0.29) is 18.0 Å². The van der Waals surface area contributed by atoms with Gasteiger partial charge in [0.05, 0.1) is 6.04 Å². The van der Waals surface area contributed by atoms with Crippen LogP contribution in [0.2, 0.25) is 0 Å². The van der Waals surface area contributed by atoms with Crippen LogP contribution in [0.1, 0.15) is 61.0 Å². The van der Waals surface area contributed by atoms with E-state index in [1.165, 1.54) is 22.3 Å². The summed E-state index contributed by atoms with van der Waals surface area (Å²) in [6.45, 7) is 5.21. The van der Waals surface area contributed by atoms with Crippen LogP contribution in [0.3, 0.4) is 0 Å². The molecule has 4 rings (SSSR count). The van der Waals surface area contributed by atoms with Crippen molar-refractivity contribution in [3.63, 3.8) is 0 Å². The maximum atomic E-state index is 13.3. The number of rotatable bonds is 6. The highest BCUT2D eigenvalue weighted by Gasteiger charge is 2.48. The average Bonchev–Trinajstić information content (AvgIpc) is 2.83. The highest BCUT2D eigenvalue weighted by molar-refractivity contribution is 14.2. The number of carbonyl (C=O) groups excluding carboxylic acids is 1. The molecule has 0 bridgehead atoms. The Hall–Kier alpha value is 0.190. The minimum Gasteiger partial charge on any atom is -0.299 e. The van der Waals surface area contributed by atoms with Crippen molar-refractivity contribution in [3.05, 3.63) is 70.8 Å². The van der Waals surface area contributed by atoms with Gasteiger partial charge in [0, 0.05) is 73.4 Å². The smallest absolute Gasteiger partial charge is 0.140 e. The van der Waals surface area contributed by atoms with Crippen LogP contribution in [-0.2, 0) is 17.6 Å². The molecule has 4 atom stereocenters. The molecule has 3 nitrogen and oxygen atoms in total. The van der Waals surface area contributed by atoms with Crippen molar-refractivity contribution in [3.8, 4) is 0 Å². The van der Waals surface area contributed by atoms with Gasteiger partial charge in [0.25, 0.3) is 0 Å². The quantitative estimate of drug-likeness (QED) is 0.232. The van der Waals surface area contributed by atoms with Gasteiger partial charge in [0.2, 0.25) is 0 Å². The molecule has 0 N–H and O–H groups in total. The summed E-state index contributed by atoms with van der Waals surface area (Å²) in [5.74, 6) is 0.508. The molecular formula is C24H28I2N2OS2. The molecule has 0 saturated carbocycles. The number of carbonyl (C=O) groups is 1. The number of Topliss-reactive ketones (excluding diaryl/α,β-unsaturated/α-hetero) is 1. The van der Waals surface area contributed by atoms with Crippen molar-refractivity contribution in [1.82, 2.24) is 8.61 Å². The van der Waals surface area contributed by atoms with Crippen molar-refractivity contribution in [2.24, 2.45) is 5.92 Å². The standard InChI is InChI=1S/C24H28I2N2OS2/c1-3-16-5-9-18(10-6-16)21-13-23-20(15-27(21)30-25)24(29)14-22(28(23)31-26)19-11-7-17(4-2)8-12-19/h5-12,20-23H,3-4,13-15H2,1-2H3/t20-,21+,22+,23+/m1/s1. The maximum Gasteiger partial charge on any atom is 0.140 e. The first-order valence-electron chi connectivity index (χ1n) is 10.9. The lowest BCUT2D eigenvalue weighted by atomic mass is 9.77.